The molecule has 0 bridgehead atoms. The highest BCUT2D eigenvalue weighted by Crippen LogP contribution is 2.13. The normalized spacial score (nSPS) is 17.5. The number of hydrogen-bond acceptors (Lipinski definition) is 4. The molecule has 1 amide bonds. The molecule has 0 aromatic carbocycles. The van der Waals surface area contributed by atoms with E-state index in [1.54, 1.807) is 23.5 Å². The fourth-order valence-electron chi connectivity index (χ4n) is 2.02. The van der Waals surface area contributed by atoms with Crippen LogP contribution in [0.5, 0.6) is 0 Å². The number of carbonyl (C=O) groups excluding carboxylic acids is 1. The first-order chi connectivity index (χ1) is 8.79. The Bertz CT molecular complexity index is 394. The van der Waals surface area contributed by atoms with Crippen LogP contribution in [0, 0.1) is 0 Å². The molecule has 0 aliphatic carbocycles. The molecule has 2 heterocycles. The number of nitrogens with zero attached hydrogens (tertiary/aromatic N) is 2. The van der Waals surface area contributed by atoms with Gasteiger partial charge in [0.05, 0.1) is 0 Å². The Morgan fingerprint density at radius 3 is 2.78 bits per heavy atom. The molecule has 0 spiro atoms. The second kappa shape index (κ2) is 6.68. The van der Waals surface area contributed by atoms with Crippen LogP contribution in [0.25, 0.3) is 0 Å². The van der Waals surface area contributed by atoms with Gasteiger partial charge in [-0.15, -0.1) is 11.3 Å². The Labute approximate surface area is 112 Å². The van der Waals surface area contributed by atoms with Gasteiger partial charge in [-0.2, -0.15) is 0 Å². The number of amides is 1. The van der Waals surface area contributed by atoms with Gasteiger partial charge in [-0.25, -0.2) is 0 Å². The van der Waals surface area contributed by atoms with Gasteiger partial charge in [-0.05, 0) is 11.4 Å². The maximum Gasteiger partial charge on any atom is 0.246 e. The second-order valence-corrected chi connectivity index (χ2v) is 5.35. The maximum atomic E-state index is 11.7. The van der Waals surface area contributed by atoms with Gasteiger partial charge in [0, 0.05) is 50.2 Å². The highest BCUT2D eigenvalue weighted by atomic mass is 32.1. The lowest BCUT2D eigenvalue weighted by Gasteiger charge is -2.33. The molecule has 1 aliphatic rings. The minimum atomic E-state index is 0.0798. The minimum Gasteiger partial charge on any atom is -0.337 e. The molecular weight excluding hydrogens is 246 g/mol. The van der Waals surface area contributed by atoms with Crippen LogP contribution in [0.2, 0.25) is 0 Å². The molecule has 2 N–H and O–H groups in total. The van der Waals surface area contributed by atoms with Crippen LogP contribution in [0.3, 0.4) is 0 Å². The van der Waals surface area contributed by atoms with Crippen molar-refractivity contribution in [3.05, 3.63) is 34.5 Å². The smallest absolute Gasteiger partial charge is 0.246 e. The molecule has 1 fully saturated rings. The molecule has 0 unspecified atom stereocenters. The lowest BCUT2D eigenvalue weighted by molar-refractivity contribution is -0.127. The quantitative estimate of drug-likeness (QED) is 0.823. The molecule has 2 rings (SSSR count). The third-order valence-corrected chi connectivity index (χ3v) is 3.90. The van der Waals surface area contributed by atoms with Crippen molar-refractivity contribution in [3.8, 4) is 0 Å². The van der Waals surface area contributed by atoms with Crippen molar-refractivity contribution in [2.45, 2.75) is 6.54 Å². The molecule has 0 saturated carbocycles. The van der Waals surface area contributed by atoms with Crippen molar-refractivity contribution < 1.29 is 4.79 Å². The van der Waals surface area contributed by atoms with Crippen LogP contribution in [-0.4, -0.2) is 48.4 Å². The summed E-state index contributed by atoms with van der Waals surface area (Å²) in [5.41, 5.74) is 5.34. The molecule has 18 heavy (non-hydrogen) atoms. The SMILES string of the molecule is NC/C=C/C(=O)N1CCN(Cc2cccs2)CC1. The van der Waals surface area contributed by atoms with Crippen molar-refractivity contribution in [1.82, 2.24) is 9.80 Å². The number of rotatable bonds is 4. The summed E-state index contributed by atoms with van der Waals surface area (Å²) < 4.78 is 0. The Balaban J connectivity index is 1.77. The van der Waals surface area contributed by atoms with Crippen LogP contribution >= 0.6 is 11.3 Å². The lowest BCUT2D eigenvalue weighted by Crippen LogP contribution is -2.47. The summed E-state index contributed by atoms with van der Waals surface area (Å²) >= 11 is 1.79. The van der Waals surface area contributed by atoms with Crippen molar-refractivity contribution in [2.24, 2.45) is 5.73 Å². The van der Waals surface area contributed by atoms with Gasteiger partial charge in [0.2, 0.25) is 5.91 Å². The Hall–Kier alpha value is -1.17. The van der Waals surface area contributed by atoms with E-state index in [9.17, 15) is 4.79 Å². The minimum absolute atomic E-state index is 0.0798. The number of thiophene rings is 1. The predicted octanol–water partition coefficient (Wildman–Crippen LogP) is 0.907. The van der Waals surface area contributed by atoms with E-state index >= 15 is 0 Å². The van der Waals surface area contributed by atoms with Crippen molar-refractivity contribution in [2.75, 3.05) is 32.7 Å². The zero-order valence-electron chi connectivity index (χ0n) is 10.4. The number of piperazine rings is 1. The molecule has 1 aromatic rings. The van der Waals surface area contributed by atoms with E-state index in [0.29, 0.717) is 6.54 Å². The molecule has 1 aromatic heterocycles. The molecule has 4 nitrogen and oxygen atoms in total. The van der Waals surface area contributed by atoms with Crippen LogP contribution < -0.4 is 5.73 Å². The highest BCUT2D eigenvalue weighted by Gasteiger charge is 2.19. The fraction of sp³-hybridized carbons (Fsp3) is 0.462. The summed E-state index contributed by atoms with van der Waals surface area (Å²) in [5, 5.41) is 2.10. The second-order valence-electron chi connectivity index (χ2n) is 4.32. The molecular formula is C13H19N3OS. The number of hydrogen-bond donors (Lipinski definition) is 1. The first-order valence-corrected chi connectivity index (χ1v) is 7.08. The van der Waals surface area contributed by atoms with Gasteiger partial charge in [0.15, 0.2) is 0 Å². The standard InChI is InChI=1S/C13H19N3OS/c14-5-1-4-13(17)16-8-6-15(7-9-16)11-12-3-2-10-18-12/h1-4,10H,5-9,11,14H2/b4-1+. The van der Waals surface area contributed by atoms with Gasteiger partial charge in [-0.3, -0.25) is 9.69 Å². The monoisotopic (exact) mass is 265 g/mol. The maximum absolute atomic E-state index is 11.7. The first-order valence-electron chi connectivity index (χ1n) is 6.20. The van der Waals surface area contributed by atoms with Crippen molar-refractivity contribution in [1.29, 1.82) is 0 Å². The van der Waals surface area contributed by atoms with Crippen molar-refractivity contribution >= 4 is 17.2 Å². The van der Waals surface area contributed by atoms with E-state index in [0.717, 1.165) is 32.7 Å². The average molecular weight is 265 g/mol. The largest absolute Gasteiger partial charge is 0.337 e. The van der Waals surface area contributed by atoms with Gasteiger partial charge in [-0.1, -0.05) is 12.1 Å². The zero-order chi connectivity index (χ0) is 12.8. The third kappa shape index (κ3) is 3.66. The van der Waals surface area contributed by atoms with Gasteiger partial charge < -0.3 is 10.6 Å². The summed E-state index contributed by atoms with van der Waals surface area (Å²) in [6.45, 7) is 4.92. The first kappa shape index (κ1) is 13.3. The van der Waals surface area contributed by atoms with Crippen LogP contribution in [-0.2, 0) is 11.3 Å². The van der Waals surface area contributed by atoms with E-state index in [1.807, 2.05) is 4.90 Å². The molecule has 1 saturated heterocycles. The van der Waals surface area contributed by atoms with Crippen molar-refractivity contribution in [3.63, 3.8) is 0 Å². The third-order valence-electron chi connectivity index (χ3n) is 3.04. The average Bonchev–Trinajstić information content (AvgIpc) is 2.89. The van der Waals surface area contributed by atoms with Crippen LogP contribution in [0.4, 0.5) is 0 Å². The summed E-state index contributed by atoms with van der Waals surface area (Å²) in [7, 11) is 0. The van der Waals surface area contributed by atoms with Crippen LogP contribution in [0.15, 0.2) is 29.7 Å². The molecule has 0 radical (unpaired) electrons. The Morgan fingerprint density at radius 1 is 1.39 bits per heavy atom. The zero-order valence-corrected chi connectivity index (χ0v) is 11.2. The lowest BCUT2D eigenvalue weighted by atomic mass is 10.3. The summed E-state index contributed by atoms with van der Waals surface area (Å²) in [6.07, 6.45) is 3.29. The highest BCUT2D eigenvalue weighted by molar-refractivity contribution is 7.09. The van der Waals surface area contributed by atoms with Gasteiger partial charge >= 0.3 is 0 Å². The summed E-state index contributed by atoms with van der Waals surface area (Å²) in [4.78, 5) is 17.4. The molecule has 1 aliphatic heterocycles. The topological polar surface area (TPSA) is 49.6 Å². The van der Waals surface area contributed by atoms with Gasteiger partial charge in [0.1, 0.15) is 0 Å². The van der Waals surface area contributed by atoms with E-state index in [4.69, 9.17) is 5.73 Å². The van der Waals surface area contributed by atoms with E-state index < -0.39 is 0 Å². The van der Waals surface area contributed by atoms with Gasteiger partial charge in [0.25, 0.3) is 0 Å². The van der Waals surface area contributed by atoms with E-state index in [-0.39, 0.29) is 5.91 Å². The molecule has 98 valence electrons. The molecule has 5 heteroatoms. The van der Waals surface area contributed by atoms with Crippen LogP contribution in [0.1, 0.15) is 4.88 Å². The Kier molecular flexibility index (Phi) is 4.92. The Morgan fingerprint density at radius 2 is 2.17 bits per heavy atom. The van der Waals surface area contributed by atoms with E-state index in [2.05, 4.69) is 22.4 Å². The summed E-state index contributed by atoms with van der Waals surface area (Å²) in [6, 6.07) is 4.24. The van der Waals surface area contributed by atoms with E-state index in [1.165, 1.54) is 4.88 Å². The molecule has 0 atom stereocenters. The number of nitrogens with two attached hydrogens (primary N) is 1. The fourth-order valence-corrected chi connectivity index (χ4v) is 2.77. The predicted molar refractivity (Wildman–Crippen MR) is 74.4 cm³/mol. The number of carbonyl (C=O) groups is 1. The summed E-state index contributed by atoms with van der Waals surface area (Å²) in [5.74, 6) is 0.0798.